The predicted octanol–water partition coefficient (Wildman–Crippen LogP) is 5.96. The summed E-state index contributed by atoms with van der Waals surface area (Å²) in [6, 6.07) is 6.66. The van der Waals surface area contributed by atoms with Crippen LogP contribution in [0, 0.1) is 5.82 Å². The Morgan fingerprint density at radius 3 is 2.70 bits per heavy atom. The van der Waals surface area contributed by atoms with Crippen LogP contribution >= 0.6 is 54.8 Å². The molecule has 108 valence electrons. The summed E-state index contributed by atoms with van der Waals surface area (Å²) >= 11 is 14.9. The van der Waals surface area contributed by atoms with Crippen molar-refractivity contribution in [3.05, 3.63) is 53.8 Å². The lowest BCUT2D eigenvalue weighted by Gasteiger charge is -2.18. The monoisotopic (exact) mass is 439 g/mol. The molecule has 0 saturated carbocycles. The SMILES string of the molecule is CCNC(Cc1cc(F)ccc1Cl)c1cc(Br)sc1Br. The van der Waals surface area contributed by atoms with Crippen molar-refractivity contribution < 1.29 is 4.39 Å². The molecule has 0 aliphatic rings. The van der Waals surface area contributed by atoms with Gasteiger partial charge in [0.1, 0.15) is 5.82 Å². The maximum absolute atomic E-state index is 13.4. The number of benzene rings is 1. The molecule has 1 atom stereocenters. The Labute approximate surface area is 143 Å². The van der Waals surface area contributed by atoms with Crippen LogP contribution < -0.4 is 5.32 Å². The zero-order chi connectivity index (χ0) is 14.7. The number of nitrogens with one attached hydrogen (secondary N) is 1. The van der Waals surface area contributed by atoms with Gasteiger partial charge in [-0.3, -0.25) is 0 Å². The van der Waals surface area contributed by atoms with Crippen molar-refractivity contribution in [3.8, 4) is 0 Å². The molecule has 1 aromatic carbocycles. The van der Waals surface area contributed by atoms with Crippen molar-refractivity contribution >= 4 is 54.8 Å². The molecule has 1 aromatic heterocycles. The molecule has 1 heterocycles. The Kier molecular flexibility index (Phi) is 6.05. The summed E-state index contributed by atoms with van der Waals surface area (Å²) in [6.45, 7) is 2.88. The van der Waals surface area contributed by atoms with Gasteiger partial charge in [-0.05, 0) is 80.2 Å². The Morgan fingerprint density at radius 2 is 2.10 bits per heavy atom. The highest BCUT2D eigenvalue weighted by molar-refractivity contribution is 9.12. The third-order valence-corrected chi connectivity index (χ3v) is 5.70. The lowest BCUT2D eigenvalue weighted by Crippen LogP contribution is -2.23. The summed E-state index contributed by atoms with van der Waals surface area (Å²) < 4.78 is 15.5. The first-order chi connectivity index (χ1) is 9.51. The van der Waals surface area contributed by atoms with E-state index in [4.69, 9.17) is 11.6 Å². The van der Waals surface area contributed by atoms with Crippen LogP contribution in [0.15, 0.2) is 31.8 Å². The number of thiophene rings is 1. The van der Waals surface area contributed by atoms with E-state index in [1.807, 2.05) is 0 Å². The molecule has 1 nitrogen and oxygen atoms in total. The highest BCUT2D eigenvalue weighted by Crippen LogP contribution is 2.37. The zero-order valence-corrected chi connectivity index (χ0v) is 15.5. The van der Waals surface area contributed by atoms with Gasteiger partial charge in [0.2, 0.25) is 0 Å². The van der Waals surface area contributed by atoms with Gasteiger partial charge in [-0.2, -0.15) is 0 Å². The second-order valence-electron chi connectivity index (χ2n) is 4.33. The number of hydrogen-bond donors (Lipinski definition) is 1. The Hall–Kier alpha value is 0.0600. The van der Waals surface area contributed by atoms with Crippen LogP contribution in [0.25, 0.3) is 0 Å². The van der Waals surface area contributed by atoms with Gasteiger partial charge in [0.25, 0.3) is 0 Å². The average molecular weight is 442 g/mol. The second-order valence-corrected chi connectivity index (χ2v) is 8.49. The fourth-order valence-electron chi connectivity index (χ4n) is 2.05. The molecule has 0 bridgehead atoms. The smallest absolute Gasteiger partial charge is 0.123 e. The fourth-order valence-corrected chi connectivity index (χ4v) is 5.22. The third-order valence-electron chi connectivity index (χ3n) is 2.94. The van der Waals surface area contributed by atoms with Crippen molar-refractivity contribution in [2.75, 3.05) is 6.54 Å². The van der Waals surface area contributed by atoms with Gasteiger partial charge in [0, 0.05) is 11.1 Å². The molecule has 0 radical (unpaired) electrons. The first-order valence-electron chi connectivity index (χ1n) is 6.13. The molecule has 1 N–H and O–H groups in total. The van der Waals surface area contributed by atoms with Crippen LogP contribution in [-0.2, 0) is 6.42 Å². The summed E-state index contributed by atoms with van der Waals surface area (Å²) in [5.74, 6) is -0.259. The zero-order valence-electron chi connectivity index (χ0n) is 10.7. The van der Waals surface area contributed by atoms with Crippen LogP contribution in [0.3, 0.4) is 0 Å². The number of hydrogen-bond acceptors (Lipinski definition) is 2. The van der Waals surface area contributed by atoms with Gasteiger partial charge in [-0.1, -0.05) is 18.5 Å². The molecular weight excluding hydrogens is 428 g/mol. The van der Waals surface area contributed by atoms with E-state index < -0.39 is 0 Å². The van der Waals surface area contributed by atoms with E-state index in [-0.39, 0.29) is 11.9 Å². The summed E-state index contributed by atoms with van der Waals surface area (Å²) in [5.41, 5.74) is 1.97. The van der Waals surface area contributed by atoms with E-state index in [2.05, 4.69) is 50.2 Å². The van der Waals surface area contributed by atoms with Crippen LogP contribution in [-0.4, -0.2) is 6.54 Å². The molecule has 0 spiro atoms. The maximum Gasteiger partial charge on any atom is 0.123 e. The molecule has 20 heavy (non-hydrogen) atoms. The van der Waals surface area contributed by atoms with Gasteiger partial charge in [-0.25, -0.2) is 4.39 Å². The minimum absolute atomic E-state index is 0.0937. The molecule has 0 aliphatic heterocycles. The summed E-state index contributed by atoms with van der Waals surface area (Å²) in [6.07, 6.45) is 0.645. The normalized spacial score (nSPS) is 12.7. The molecule has 0 saturated heterocycles. The van der Waals surface area contributed by atoms with Crippen LogP contribution in [0.1, 0.15) is 24.1 Å². The van der Waals surface area contributed by atoms with E-state index in [0.717, 1.165) is 25.2 Å². The average Bonchev–Trinajstić information content (AvgIpc) is 2.72. The molecule has 6 heteroatoms. The number of halogens is 4. The van der Waals surface area contributed by atoms with Crippen molar-refractivity contribution in [2.24, 2.45) is 0 Å². The second kappa shape index (κ2) is 7.36. The third kappa shape index (κ3) is 4.04. The largest absolute Gasteiger partial charge is 0.310 e. The molecule has 0 amide bonds. The minimum atomic E-state index is -0.259. The Balaban J connectivity index is 2.30. The van der Waals surface area contributed by atoms with Crippen molar-refractivity contribution in [3.63, 3.8) is 0 Å². The first kappa shape index (κ1) is 16.4. The molecule has 2 aromatic rings. The van der Waals surface area contributed by atoms with Crippen molar-refractivity contribution in [1.29, 1.82) is 0 Å². The van der Waals surface area contributed by atoms with Gasteiger partial charge >= 0.3 is 0 Å². The van der Waals surface area contributed by atoms with Crippen molar-refractivity contribution in [2.45, 2.75) is 19.4 Å². The van der Waals surface area contributed by atoms with Crippen LogP contribution in [0.4, 0.5) is 4.39 Å². The number of likely N-dealkylation sites (N-methyl/N-ethyl adjacent to an activating group) is 1. The van der Waals surface area contributed by atoms with E-state index in [9.17, 15) is 4.39 Å². The summed E-state index contributed by atoms with van der Waals surface area (Å²) in [4.78, 5) is 0. The lowest BCUT2D eigenvalue weighted by molar-refractivity contribution is 0.546. The van der Waals surface area contributed by atoms with E-state index in [1.54, 1.807) is 17.4 Å². The van der Waals surface area contributed by atoms with Gasteiger partial charge in [0.15, 0.2) is 0 Å². The van der Waals surface area contributed by atoms with Gasteiger partial charge in [-0.15, -0.1) is 11.3 Å². The van der Waals surface area contributed by atoms with Crippen LogP contribution in [0.5, 0.6) is 0 Å². The summed E-state index contributed by atoms with van der Waals surface area (Å²) in [7, 11) is 0. The molecule has 0 aliphatic carbocycles. The fraction of sp³-hybridized carbons (Fsp3) is 0.286. The van der Waals surface area contributed by atoms with E-state index in [1.165, 1.54) is 12.1 Å². The standard InChI is InChI=1S/C14H13Br2ClFNS/c1-2-19-12(10-7-13(15)20-14(10)16)6-8-5-9(18)3-4-11(8)17/h3-5,7,12,19H,2,6H2,1H3. The van der Waals surface area contributed by atoms with Gasteiger partial charge < -0.3 is 5.32 Å². The maximum atomic E-state index is 13.4. The van der Waals surface area contributed by atoms with Crippen molar-refractivity contribution in [1.82, 2.24) is 5.32 Å². The molecular formula is C14H13Br2ClFNS. The highest BCUT2D eigenvalue weighted by Gasteiger charge is 2.18. The quantitative estimate of drug-likeness (QED) is 0.604. The topological polar surface area (TPSA) is 12.0 Å². The lowest BCUT2D eigenvalue weighted by atomic mass is 10.0. The molecule has 2 rings (SSSR count). The van der Waals surface area contributed by atoms with Crippen LogP contribution in [0.2, 0.25) is 5.02 Å². The van der Waals surface area contributed by atoms with E-state index >= 15 is 0 Å². The van der Waals surface area contributed by atoms with Gasteiger partial charge in [0.05, 0.1) is 7.57 Å². The Morgan fingerprint density at radius 1 is 1.35 bits per heavy atom. The highest BCUT2D eigenvalue weighted by atomic mass is 79.9. The van der Waals surface area contributed by atoms with E-state index in [0.29, 0.717) is 11.4 Å². The first-order valence-corrected chi connectivity index (χ1v) is 8.91. The summed E-state index contributed by atoms with van der Waals surface area (Å²) in [5, 5.41) is 4.02. The molecule has 0 fully saturated rings. The Bertz CT molecular complexity index is 603. The predicted molar refractivity (Wildman–Crippen MR) is 91.3 cm³/mol. The minimum Gasteiger partial charge on any atom is -0.310 e. The molecule has 1 unspecified atom stereocenters. The number of rotatable bonds is 5.